The van der Waals surface area contributed by atoms with E-state index in [1.54, 1.807) is 0 Å². The predicted molar refractivity (Wildman–Crippen MR) is 233 cm³/mol. The maximum atomic E-state index is 3.83. The van der Waals surface area contributed by atoms with Gasteiger partial charge in [0.05, 0.1) is 0 Å². The van der Waals surface area contributed by atoms with Gasteiger partial charge in [-0.2, -0.15) is 0 Å². The lowest BCUT2D eigenvalue weighted by atomic mass is 9.89. The van der Waals surface area contributed by atoms with Gasteiger partial charge >= 0.3 is 0 Å². The van der Waals surface area contributed by atoms with Crippen LogP contribution >= 0.6 is 0 Å². The van der Waals surface area contributed by atoms with E-state index in [0.29, 0.717) is 0 Å². The molecule has 0 aliphatic rings. The van der Waals surface area contributed by atoms with Gasteiger partial charge < -0.3 is 0 Å². The van der Waals surface area contributed by atoms with Crippen LogP contribution in [0.2, 0.25) is 0 Å². The van der Waals surface area contributed by atoms with Gasteiger partial charge in [0, 0.05) is 0 Å². The van der Waals surface area contributed by atoms with E-state index in [1.165, 1.54) is 283 Å². The Morgan fingerprint density at radius 2 is 0.440 bits per heavy atom. The smallest absolute Gasteiger partial charge is 0.0353 e. The zero-order valence-electron chi connectivity index (χ0n) is 35.3. The second-order valence-corrected chi connectivity index (χ2v) is 16.8. The van der Waals surface area contributed by atoms with Gasteiger partial charge in [-0.25, -0.2) is 0 Å². The summed E-state index contributed by atoms with van der Waals surface area (Å²) in [7, 11) is 0. The highest BCUT2D eigenvalue weighted by molar-refractivity contribution is 4.66. The molecule has 0 radical (unpaired) electrons. The summed E-state index contributed by atoms with van der Waals surface area (Å²) < 4.78 is 0. The molecule has 0 aliphatic carbocycles. The first-order valence-corrected chi connectivity index (χ1v) is 24.1. The molecule has 0 nitrogen and oxygen atoms in total. The van der Waals surface area contributed by atoms with Crippen molar-refractivity contribution in [1.29, 1.82) is 0 Å². The minimum atomic E-state index is 1.03. The summed E-state index contributed by atoms with van der Waals surface area (Å²) in [5, 5.41) is 0. The lowest BCUT2D eigenvalue weighted by molar-refractivity contribution is 0.365. The third kappa shape index (κ3) is 43.6. The molecule has 0 fully saturated rings. The van der Waals surface area contributed by atoms with Crippen molar-refractivity contribution in [2.45, 2.75) is 289 Å². The van der Waals surface area contributed by atoms with Crippen LogP contribution in [0.15, 0.2) is 25.3 Å². The van der Waals surface area contributed by atoms with Gasteiger partial charge in [-0.3, -0.25) is 0 Å². The largest absolute Gasteiger partial charge is 0.103 e. The molecule has 0 N–H and O–H groups in total. The third-order valence-corrected chi connectivity index (χ3v) is 11.8. The van der Waals surface area contributed by atoms with Crippen molar-refractivity contribution in [3.05, 3.63) is 25.3 Å². The molecule has 0 spiro atoms. The summed E-state index contributed by atoms with van der Waals surface area (Å²) in [6.45, 7) is 9.99. The Kier molecular flexibility index (Phi) is 46.0. The van der Waals surface area contributed by atoms with E-state index in [1.807, 2.05) is 0 Å². The highest BCUT2D eigenvalue weighted by Gasteiger charge is 2.09. The van der Waals surface area contributed by atoms with Gasteiger partial charge in [-0.15, -0.1) is 13.2 Å². The van der Waals surface area contributed by atoms with Gasteiger partial charge in [-0.05, 0) is 31.6 Å². The molecular formula is C50H98. The van der Waals surface area contributed by atoms with Crippen molar-refractivity contribution < 1.29 is 0 Å². The van der Waals surface area contributed by atoms with Crippen molar-refractivity contribution in [1.82, 2.24) is 0 Å². The molecule has 0 amide bonds. The average molecular weight is 699 g/mol. The molecule has 0 atom stereocenters. The number of hydrogen-bond donors (Lipinski definition) is 0. The van der Waals surface area contributed by atoms with E-state index >= 15 is 0 Å². The monoisotopic (exact) mass is 699 g/mol. The summed E-state index contributed by atoms with van der Waals surface area (Å²) >= 11 is 0. The molecule has 50 heavy (non-hydrogen) atoms. The van der Waals surface area contributed by atoms with Crippen molar-refractivity contribution >= 4 is 0 Å². The van der Waals surface area contributed by atoms with Crippen molar-refractivity contribution in [2.75, 3.05) is 0 Å². The van der Waals surface area contributed by atoms with E-state index in [-0.39, 0.29) is 0 Å². The Balaban J connectivity index is 3.74. The SMILES string of the molecule is C=CCCCCCCCCCCCCCCCCCCC(CCCCCCCCC)CCCCCCCCCCCCCCCCCCC=C. The van der Waals surface area contributed by atoms with E-state index in [2.05, 4.69) is 32.2 Å². The maximum Gasteiger partial charge on any atom is -0.0353 e. The maximum absolute atomic E-state index is 3.83. The fourth-order valence-corrected chi connectivity index (χ4v) is 8.22. The minimum Gasteiger partial charge on any atom is -0.103 e. The quantitative estimate of drug-likeness (QED) is 0.0438. The number of rotatable bonds is 46. The van der Waals surface area contributed by atoms with Crippen LogP contribution in [-0.2, 0) is 0 Å². The van der Waals surface area contributed by atoms with Crippen LogP contribution in [-0.4, -0.2) is 0 Å². The molecule has 0 saturated carbocycles. The molecule has 0 aromatic rings. The number of hydrogen-bond acceptors (Lipinski definition) is 0. The zero-order chi connectivity index (χ0) is 36.1. The standard InChI is InChI=1S/C50H98/c1-4-7-10-13-16-18-20-22-24-26-28-30-32-34-36-39-42-45-48-50(47-44-41-38-15-12-9-6-3)49-46-43-40-37-35-33-31-29-27-25-23-21-19-17-14-11-8-5-2/h4-5,50H,1-2,6-49H2,3H3. The Bertz CT molecular complexity index is 559. The van der Waals surface area contributed by atoms with Gasteiger partial charge in [0.15, 0.2) is 0 Å². The predicted octanol–water partition coefficient (Wildman–Crippen LogP) is 19.2. The molecule has 0 saturated heterocycles. The van der Waals surface area contributed by atoms with Crippen molar-refractivity contribution in [3.63, 3.8) is 0 Å². The first-order valence-electron chi connectivity index (χ1n) is 24.1. The van der Waals surface area contributed by atoms with Gasteiger partial charge in [-0.1, -0.05) is 276 Å². The number of allylic oxidation sites excluding steroid dienone is 2. The third-order valence-electron chi connectivity index (χ3n) is 11.8. The first-order chi connectivity index (χ1) is 24.8. The second kappa shape index (κ2) is 46.5. The molecule has 0 aliphatic heterocycles. The Hall–Kier alpha value is -0.520. The van der Waals surface area contributed by atoms with Crippen molar-refractivity contribution in [2.24, 2.45) is 5.92 Å². The van der Waals surface area contributed by atoms with Crippen LogP contribution in [0.1, 0.15) is 289 Å². The van der Waals surface area contributed by atoms with Crippen LogP contribution < -0.4 is 0 Å². The summed E-state index contributed by atoms with van der Waals surface area (Å²) in [6, 6.07) is 0. The number of unbranched alkanes of at least 4 members (excludes halogenated alkanes) is 38. The second-order valence-electron chi connectivity index (χ2n) is 16.8. The van der Waals surface area contributed by atoms with Crippen molar-refractivity contribution in [3.8, 4) is 0 Å². The lowest BCUT2D eigenvalue weighted by Gasteiger charge is -2.17. The average Bonchev–Trinajstić information content (AvgIpc) is 3.13. The van der Waals surface area contributed by atoms with Crippen LogP contribution in [0.4, 0.5) is 0 Å². The van der Waals surface area contributed by atoms with Crippen LogP contribution in [0.25, 0.3) is 0 Å². The van der Waals surface area contributed by atoms with Gasteiger partial charge in [0.1, 0.15) is 0 Å². The zero-order valence-corrected chi connectivity index (χ0v) is 35.3. The van der Waals surface area contributed by atoms with Crippen LogP contribution in [0, 0.1) is 5.92 Å². The van der Waals surface area contributed by atoms with E-state index < -0.39 is 0 Å². The Morgan fingerprint density at radius 1 is 0.260 bits per heavy atom. The molecule has 0 heteroatoms. The summed E-state index contributed by atoms with van der Waals surface area (Å²) in [5.74, 6) is 1.03. The molecular weight excluding hydrogens is 601 g/mol. The van der Waals surface area contributed by atoms with Gasteiger partial charge in [0.2, 0.25) is 0 Å². The van der Waals surface area contributed by atoms with Crippen LogP contribution in [0.3, 0.4) is 0 Å². The molecule has 0 rings (SSSR count). The normalized spacial score (nSPS) is 11.6. The summed E-state index contributed by atoms with van der Waals surface area (Å²) in [5.41, 5.74) is 0. The highest BCUT2D eigenvalue weighted by atomic mass is 14.1. The summed E-state index contributed by atoms with van der Waals surface area (Å²) in [6.07, 6.45) is 68.3. The minimum absolute atomic E-state index is 1.03. The van der Waals surface area contributed by atoms with Crippen LogP contribution in [0.5, 0.6) is 0 Å². The topological polar surface area (TPSA) is 0 Å². The Morgan fingerprint density at radius 3 is 0.640 bits per heavy atom. The van der Waals surface area contributed by atoms with E-state index in [9.17, 15) is 0 Å². The molecule has 298 valence electrons. The molecule has 0 aromatic carbocycles. The molecule has 0 unspecified atom stereocenters. The summed E-state index contributed by atoms with van der Waals surface area (Å²) in [4.78, 5) is 0. The fraction of sp³-hybridized carbons (Fsp3) is 0.920. The molecule has 0 bridgehead atoms. The van der Waals surface area contributed by atoms with Gasteiger partial charge in [0.25, 0.3) is 0 Å². The molecule has 0 heterocycles. The lowest BCUT2D eigenvalue weighted by Crippen LogP contribution is -2.01. The highest BCUT2D eigenvalue weighted by Crippen LogP contribution is 2.25. The molecule has 0 aromatic heterocycles. The van der Waals surface area contributed by atoms with E-state index in [0.717, 1.165) is 5.92 Å². The fourth-order valence-electron chi connectivity index (χ4n) is 8.22. The van der Waals surface area contributed by atoms with E-state index in [4.69, 9.17) is 0 Å². The Labute approximate surface area is 319 Å². The first kappa shape index (κ1) is 49.5.